The fraction of sp³-hybridized carbons (Fsp3) is 0.500. The van der Waals surface area contributed by atoms with Crippen LogP contribution >= 0.6 is 0 Å². The molecule has 1 aliphatic rings. The number of hydrogen-bond donors (Lipinski definition) is 2. The summed E-state index contributed by atoms with van der Waals surface area (Å²) in [5.41, 5.74) is 0.700. The highest BCUT2D eigenvalue weighted by Gasteiger charge is 2.24. The van der Waals surface area contributed by atoms with E-state index in [1.54, 1.807) is 13.0 Å². The molecular formula is C12H17FN2O2S. The lowest BCUT2D eigenvalue weighted by Gasteiger charge is -2.23. The molecule has 1 unspecified atom stereocenters. The van der Waals surface area contributed by atoms with E-state index in [0.29, 0.717) is 12.1 Å². The van der Waals surface area contributed by atoms with E-state index >= 15 is 0 Å². The van der Waals surface area contributed by atoms with Gasteiger partial charge in [0, 0.05) is 12.6 Å². The molecule has 6 heteroatoms. The van der Waals surface area contributed by atoms with Crippen molar-refractivity contribution in [2.24, 2.45) is 0 Å². The van der Waals surface area contributed by atoms with Crippen LogP contribution in [0.4, 0.5) is 4.39 Å². The van der Waals surface area contributed by atoms with Crippen molar-refractivity contribution < 1.29 is 12.8 Å². The zero-order chi connectivity index (χ0) is 13.2. The van der Waals surface area contributed by atoms with Crippen molar-refractivity contribution in [3.8, 4) is 0 Å². The predicted octanol–water partition coefficient (Wildman–Crippen LogP) is 1.16. The van der Waals surface area contributed by atoms with Crippen LogP contribution in [0, 0.1) is 12.7 Å². The Morgan fingerprint density at radius 1 is 1.44 bits per heavy atom. The molecule has 0 aromatic heterocycles. The molecule has 0 bridgehead atoms. The standard InChI is InChI=1S/C12H17FN2O2S/c1-9-4-5-12(11(13)7-9)18(16,17)15-10-3-2-6-14-8-10/h4-5,7,10,14-15H,2-3,6,8H2,1H3. The van der Waals surface area contributed by atoms with Gasteiger partial charge in [-0.15, -0.1) is 0 Å². The number of rotatable bonds is 3. The molecular weight excluding hydrogens is 255 g/mol. The number of piperidine rings is 1. The van der Waals surface area contributed by atoms with Crippen molar-refractivity contribution in [2.75, 3.05) is 13.1 Å². The normalized spacial score (nSPS) is 20.9. The van der Waals surface area contributed by atoms with Crippen molar-refractivity contribution in [3.05, 3.63) is 29.6 Å². The summed E-state index contributed by atoms with van der Waals surface area (Å²) >= 11 is 0. The summed E-state index contributed by atoms with van der Waals surface area (Å²) in [4.78, 5) is -0.279. The van der Waals surface area contributed by atoms with Gasteiger partial charge in [-0.05, 0) is 44.0 Å². The number of sulfonamides is 1. The minimum atomic E-state index is -3.77. The monoisotopic (exact) mass is 272 g/mol. The lowest BCUT2D eigenvalue weighted by Crippen LogP contribution is -2.45. The highest BCUT2D eigenvalue weighted by atomic mass is 32.2. The predicted molar refractivity (Wildman–Crippen MR) is 67.4 cm³/mol. The maximum Gasteiger partial charge on any atom is 0.243 e. The van der Waals surface area contributed by atoms with Gasteiger partial charge in [-0.2, -0.15) is 0 Å². The van der Waals surface area contributed by atoms with Gasteiger partial charge >= 0.3 is 0 Å². The fourth-order valence-corrected chi connectivity index (χ4v) is 3.39. The smallest absolute Gasteiger partial charge is 0.243 e. The Kier molecular flexibility index (Phi) is 3.99. The molecule has 0 saturated carbocycles. The first kappa shape index (κ1) is 13.5. The average Bonchev–Trinajstić information content (AvgIpc) is 2.29. The highest BCUT2D eigenvalue weighted by Crippen LogP contribution is 2.16. The average molecular weight is 272 g/mol. The number of benzene rings is 1. The molecule has 1 aromatic rings. The Bertz CT molecular complexity index is 525. The Morgan fingerprint density at radius 2 is 2.22 bits per heavy atom. The SMILES string of the molecule is Cc1ccc(S(=O)(=O)NC2CCCNC2)c(F)c1. The van der Waals surface area contributed by atoms with Crippen LogP contribution in [0.25, 0.3) is 0 Å². The van der Waals surface area contributed by atoms with E-state index in [1.165, 1.54) is 12.1 Å². The van der Waals surface area contributed by atoms with E-state index in [4.69, 9.17) is 0 Å². The second kappa shape index (κ2) is 5.34. The molecule has 18 heavy (non-hydrogen) atoms. The van der Waals surface area contributed by atoms with Gasteiger partial charge in [0.1, 0.15) is 10.7 Å². The number of halogens is 1. The second-order valence-electron chi connectivity index (χ2n) is 4.60. The molecule has 2 rings (SSSR count). The lowest BCUT2D eigenvalue weighted by molar-refractivity contribution is 0.427. The van der Waals surface area contributed by atoms with Crippen LogP contribution in [0.1, 0.15) is 18.4 Å². The third-order valence-corrected chi connectivity index (χ3v) is 4.55. The largest absolute Gasteiger partial charge is 0.315 e. The minimum Gasteiger partial charge on any atom is -0.315 e. The molecule has 1 atom stereocenters. The van der Waals surface area contributed by atoms with Crippen LogP contribution in [0.15, 0.2) is 23.1 Å². The molecule has 1 heterocycles. The van der Waals surface area contributed by atoms with Gasteiger partial charge in [-0.3, -0.25) is 0 Å². The van der Waals surface area contributed by atoms with Crippen LogP contribution in [-0.4, -0.2) is 27.5 Å². The third kappa shape index (κ3) is 3.07. The molecule has 2 N–H and O–H groups in total. The molecule has 1 fully saturated rings. The summed E-state index contributed by atoms with van der Waals surface area (Å²) in [7, 11) is -3.77. The number of nitrogens with one attached hydrogen (secondary N) is 2. The van der Waals surface area contributed by atoms with Gasteiger partial charge in [0.05, 0.1) is 0 Å². The van der Waals surface area contributed by atoms with Gasteiger partial charge in [0.15, 0.2) is 0 Å². The van der Waals surface area contributed by atoms with Crippen molar-refractivity contribution in [1.82, 2.24) is 10.0 Å². The fourth-order valence-electron chi connectivity index (χ4n) is 2.06. The van der Waals surface area contributed by atoms with Gasteiger partial charge in [0.2, 0.25) is 10.0 Å². The van der Waals surface area contributed by atoms with Crippen molar-refractivity contribution in [2.45, 2.75) is 30.7 Å². The van der Waals surface area contributed by atoms with Crippen LogP contribution in [0.3, 0.4) is 0 Å². The molecule has 4 nitrogen and oxygen atoms in total. The van der Waals surface area contributed by atoms with Crippen LogP contribution < -0.4 is 10.0 Å². The quantitative estimate of drug-likeness (QED) is 0.868. The number of hydrogen-bond acceptors (Lipinski definition) is 3. The topological polar surface area (TPSA) is 58.2 Å². The maximum atomic E-state index is 13.7. The number of aryl methyl sites for hydroxylation is 1. The Balaban J connectivity index is 2.19. The van der Waals surface area contributed by atoms with E-state index in [2.05, 4.69) is 10.0 Å². The van der Waals surface area contributed by atoms with E-state index in [0.717, 1.165) is 19.4 Å². The summed E-state index contributed by atoms with van der Waals surface area (Å²) in [6.07, 6.45) is 1.70. The summed E-state index contributed by atoms with van der Waals surface area (Å²) in [6.45, 7) is 3.21. The van der Waals surface area contributed by atoms with Gasteiger partial charge in [-0.25, -0.2) is 17.5 Å². The zero-order valence-corrected chi connectivity index (χ0v) is 11.1. The van der Waals surface area contributed by atoms with Gasteiger partial charge in [-0.1, -0.05) is 6.07 Å². The summed E-state index contributed by atoms with van der Waals surface area (Å²) in [6, 6.07) is 3.97. The zero-order valence-electron chi connectivity index (χ0n) is 10.2. The van der Waals surface area contributed by atoms with E-state index in [1.807, 2.05) is 0 Å². The van der Waals surface area contributed by atoms with Crippen LogP contribution in [0.5, 0.6) is 0 Å². The first-order chi connectivity index (χ1) is 8.49. The summed E-state index contributed by atoms with van der Waals surface area (Å²) < 4.78 is 40.3. The molecule has 0 radical (unpaired) electrons. The van der Waals surface area contributed by atoms with Crippen molar-refractivity contribution >= 4 is 10.0 Å². The first-order valence-corrected chi connectivity index (χ1v) is 7.46. The molecule has 0 aliphatic carbocycles. The van der Waals surface area contributed by atoms with Gasteiger partial charge < -0.3 is 5.32 Å². The van der Waals surface area contributed by atoms with Crippen molar-refractivity contribution in [3.63, 3.8) is 0 Å². The summed E-state index contributed by atoms with van der Waals surface area (Å²) in [5.74, 6) is -0.703. The molecule has 0 amide bonds. The molecule has 100 valence electrons. The Morgan fingerprint density at radius 3 is 2.83 bits per heavy atom. The Labute approximate surface area is 107 Å². The van der Waals surface area contributed by atoms with E-state index in [-0.39, 0.29) is 10.9 Å². The molecule has 1 saturated heterocycles. The van der Waals surface area contributed by atoms with E-state index < -0.39 is 15.8 Å². The van der Waals surface area contributed by atoms with Gasteiger partial charge in [0.25, 0.3) is 0 Å². The lowest BCUT2D eigenvalue weighted by atomic mass is 10.1. The van der Waals surface area contributed by atoms with Crippen molar-refractivity contribution in [1.29, 1.82) is 0 Å². The first-order valence-electron chi connectivity index (χ1n) is 5.98. The highest BCUT2D eigenvalue weighted by molar-refractivity contribution is 7.89. The molecule has 0 spiro atoms. The molecule has 1 aromatic carbocycles. The van der Waals surface area contributed by atoms with E-state index in [9.17, 15) is 12.8 Å². The molecule has 1 aliphatic heterocycles. The van der Waals surface area contributed by atoms with Crippen LogP contribution in [-0.2, 0) is 10.0 Å². The Hall–Kier alpha value is -0.980. The maximum absolute atomic E-state index is 13.7. The minimum absolute atomic E-state index is 0.163. The second-order valence-corrected chi connectivity index (χ2v) is 6.28. The summed E-state index contributed by atoms with van der Waals surface area (Å²) in [5, 5.41) is 3.11. The third-order valence-electron chi connectivity index (χ3n) is 3.00. The van der Waals surface area contributed by atoms with Crippen LogP contribution in [0.2, 0.25) is 0 Å².